The van der Waals surface area contributed by atoms with E-state index < -0.39 is 29.4 Å². The van der Waals surface area contributed by atoms with Gasteiger partial charge in [-0.25, -0.2) is 10.0 Å². The van der Waals surface area contributed by atoms with E-state index in [2.05, 4.69) is 10.0 Å². The van der Waals surface area contributed by atoms with E-state index in [1.807, 2.05) is 0 Å². The smallest absolute Gasteiger partial charge is 0.288 e. The van der Waals surface area contributed by atoms with Gasteiger partial charge in [0.2, 0.25) is 0 Å². The van der Waals surface area contributed by atoms with Crippen LogP contribution in [-0.4, -0.2) is 17.3 Å². The van der Waals surface area contributed by atoms with Gasteiger partial charge in [-0.15, -0.1) is 13.2 Å². The first-order valence-corrected chi connectivity index (χ1v) is 3.13. The Kier molecular flexibility index (Phi) is 4.00. The Bertz CT molecular complexity index is 194. The SMILES string of the molecule is N=C(SOC(F)(F)F)C(=O)NN. The fraction of sp³-hybridized carbons (Fsp3) is 0.333. The highest BCUT2D eigenvalue weighted by molar-refractivity contribution is 8.11. The maximum absolute atomic E-state index is 11.3. The third-order valence-corrected chi connectivity index (χ3v) is 1.18. The van der Waals surface area contributed by atoms with Gasteiger partial charge in [0.05, 0.1) is 12.0 Å². The molecule has 0 saturated carbocycles. The molecular weight excluding hydrogens is 199 g/mol. The Morgan fingerprint density at radius 3 is 2.42 bits per heavy atom. The zero-order valence-corrected chi connectivity index (χ0v) is 6.25. The monoisotopic (exact) mass is 203 g/mol. The van der Waals surface area contributed by atoms with Crippen molar-refractivity contribution in [3.8, 4) is 0 Å². The molecule has 0 aromatic heterocycles. The highest BCUT2D eigenvalue weighted by Crippen LogP contribution is 2.23. The number of hydrazine groups is 1. The molecule has 1 amide bonds. The molecule has 0 fully saturated rings. The minimum Gasteiger partial charge on any atom is -0.288 e. The largest absolute Gasteiger partial charge is 0.534 e. The minimum absolute atomic E-state index is 0.418. The predicted molar refractivity (Wildman–Crippen MR) is 34.8 cm³/mol. The molecule has 0 atom stereocenters. The van der Waals surface area contributed by atoms with Crippen LogP contribution in [0, 0.1) is 5.41 Å². The summed E-state index contributed by atoms with van der Waals surface area (Å²) >= 11 is -0.418. The number of nitrogens with one attached hydrogen (secondary N) is 2. The maximum Gasteiger partial charge on any atom is 0.534 e. The van der Waals surface area contributed by atoms with Crippen molar-refractivity contribution in [3.63, 3.8) is 0 Å². The van der Waals surface area contributed by atoms with E-state index in [1.54, 1.807) is 0 Å². The molecule has 0 aromatic rings. The second kappa shape index (κ2) is 4.28. The fourth-order valence-electron chi connectivity index (χ4n) is 0.192. The first-order valence-electron chi connectivity index (χ1n) is 2.38. The van der Waals surface area contributed by atoms with Crippen LogP contribution in [0.4, 0.5) is 13.2 Å². The molecule has 0 rings (SSSR count). The standard InChI is InChI=1S/C3H4F3N3O2S/c4-3(5,6)11-12-1(7)2(10)9-8/h7H,8H2,(H,9,10). The molecule has 0 unspecified atom stereocenters. The van der Waals surface area contributed by atoms with E-state index in [0.717, 1.165) is 0 Å². The number of nitrogens with two attached hydrogens (primary N) is 1. The Morgan fingerprint density at radius 2 is 2.08 bits per heavy atom. The van der Waals surface area contributed by atoms with Gasteiger partial charge in [-0.3, -0.25) is 15.6 Å². The number of amides is 1. The Balaban J connectivity index is 3.80. The van der Waals surface area contributed by atoms with E-state index in [-0.39, 0.29) is 0 Å². The third kappa shape index (κ3) is 4.93. The van der Waals surface area contributed by atoms with Gasteiger partial charge in [0, 0.05) is 0 Å². The lowest BCUT2D eigenvalue weighted by atomic mass is 10.7. The zero-order valence-electron chi connectivity index (χ0n) is 5.44. The van der Waals surface area contributed by atoms with E-state index in [9.17, 15) is 18.0 Å². The van der Waals surface area contributed by atoms with Crippen molar-refractivity contribution in [1.82, 2.24) is 5.43 Å². The van der Waals surface area contributed by atoms with E-state index in [4.69, 9.17) is 5.41 Å². The zero-order chi connectivity index (χ0) is 9.78. The molecule has 5 nitrogen and oxygen atoms in total. The van der Waals surface area contributed by atoms with Crippen LogP contribution in [0.3, 0.4) is 0 Å². The number of carbonyl (C=O) groups excluding carboxylic acids is 1. The molecule has 70 valence electrons. The number of carbonyl (C=O) groups is 1. The van der Waals surface area contributed by atoms with Gasteiger partial charge in [0.25, 0.3) is 5.91 Å². The Morgan fingerprint density at radius 1 is 1.58 bits per heavy atom. The van der Waals surface area contributed by atoms with Gasteiger partial charge in [0.1, 0.15) is 0 Å². The van der Waals surface area contributed by atoms with Crippen LogP contribution >= 0.6 is 12.0 Å². The Labute approximate surface area is 69.1 Å². The third-order valence-electron chi connectivity index (χ3n) is 0.557. The maximum atomic E-state index is 11.3. The van der Waals surface area contributed by atoms with Gasteiger partial charge in [0.15, 0.2) is 5.04 Å². The van der Waals surface area contributed by atoms with Crippen molar-refractivity contribution in [2.24, 2.45) is 5.84 Å². The van der Waals surface area contributed by atoms with Crippen LogP contribution < -0.4 is 11.3 Å². The summed E-state index contributed by atoms with van der Waals surface area (Å²) in [5.74, 6) is 3.37. The predicted octanol–water partition coefficient (Wildman–Crippen LogP) is 0.138. The molecule has 0 aliphatic heterocycles. The first-order chi connectivity index (χ1) is 5.37. The summed E-state index contributed by atoms with van der Waals surface area (Å²) in [6.07, 6.45) is -4.88. The fourth-order valence-corrected chi connectivity index (χ4v) is 0.505. The summed E-state index contributed by atoms with van der Waals surface area (Å²) in [6, 6.07) is 0. The lowest BCUT2D eigenvalue weighted by Gasteiger charge is -2.04. The number of hydrogen-bond acceptors (Lipinski definition) is 5. The van der Waals surface area contributed by atoms with Crippen LogP contribution in [0.25, 0.3) is 0 Å². The van der Waals surface area contributed by atoms with Crippen LogP contribution in [0.15, 0.2) is 0 Å². The molecule has 0 radical (unpaired) electrons. The van der Waals surface area contributed by atoms with Gasteiger partial charge in [-0.1, -0.05) is 0 Å². The average molecular weight is 203 g/mol. The van der Waals surface area contributed by atoms with Crippen molar-refractivity contribution >= 4 is 23.0 Å². The van der Waals surface area contributed by atoms with E-state index >= 15 is 0 Å². The Hall–Kier alpha value is -0.800. The summed E-state index contributed by atoms with van der Waals surface area (Å²) in [5.41, 5.74) is 1.47. The topological polar surface area (TPSA) is 88.2 Å². The number of alkyl halides is 3. The molecule has 0 aliphatic rings. The van der Waals surface area contributed by atoms with Gasteiger partial charge in [-0.2, -0.15) is 0 Å². The molecule has 0 heterocycles. The van der Waals surface area contributed by atoms with Gasteiger partial charge >= 0.3 is 6.36 Å². The van der Waals surface area contributed by atoms with Crippen molar-refractivity contribution in [1.29, 1.82) is 5.41 Å². The molecule has 0 aromatic carbocycles. The summed E-state index contributed by atoms with van der Waals surface area (Å²) in [5, 5.41) is 5.64. The number of hydrogen-bond donors (Lipinski definition) is 3. The summed E-state index contributed by atoms with van der Waals surface area (Å²) in [6.45, 7) is 0. The minimum atomic E-state index is -4.88. The second-order valence-electron chi connectivity index (χ2n) is 1.41. The van der Waals surface area contributed by atoms with Crippen molar-refractivity contribution in [2.75, 3.05) is 0 Å². The van der Waals surface area contributed by atoms with Crippen LogP contribution in [0.1, 0.15) is 0 Å². The molecule has 12 heavy (non-hydrogen) atoms. The normalized spacial score (nSPS) is 11.0. The van der Waals surface area contributed by atoms with E-state index in [0.29, 0.717) is 0 Å². The van der Waals surface area contributed by atoms with E-state index in [1.165, 1.54) is 5.43 Å². The summed E-state index contributed by atoms with van der Waals surface area (Å²) in [7, 11) is 0. The van der Waals surface area contributed by atoms with Gasteiger partial charge < -0.3 is 0 Å². The molecular formula is C3H4F3N3O2S. The quantitative estimate of drug-likeness (QED) is 0.141. The molecule has 0 aliphatic carbocycles. The van der Waals surface area contributed by atoms with Crippen molar-refractivity contribution in [3.05, 3.63) is 0 Å². The molecule has 0 bridgehead atoms. The molecule has 0 spiro atoms. The van der Waals surface area contributed by atoms with Crippen molar-refractivity contribution in [2.45, 2.75) is 6.36 Å². The first kappa shape index (κ1) is 11.2. The summed E-state index contributed by atoms with van der Waals surface area (Å²) < 4.78 is 36.9. The molecule has 4 N–H and O–H groups in total. The highest BCUT2D eigenvalue weighted by atomic mass is 32.2. The number of halogens is 3. The van der Waals surface area contributed by atoms with Crippen LogP contribution in [-0.2, 0) is 8.98 Å². The number of rotatable bonds is 1. The second-order valence-corrected chi connectivity index (χ2v) is 2.16. The van der Waals surface area contributed by atoms with Gasteiger partial charge in [-0.05, 0) is 0 Å². The lowest BCUT2D eigenvalue weighted by molar-refractivity contribution is -0.266. The lowest BCUT2D eigenvalue weighted by Crippen LogP contribution is -2.34. The van der Waals surface area contributed by atoms with Crippen LogP contribution in [0.2, 0.25) is 0 Å². The summed E-state index contributed by atoms with van der Waals surface area (Å²) in [4.78, 5) is 10.3. The molecule has 9 heteroatoms. The molecule has 0 saturated heterocycles. The average Bonchev–Trinajstić information content (AvgIpc) is 1.97. The van der Waals surface area contributed by atoms with Crippen LogP contribution in [0.5, 0.6) is 0 Å². The van der Waals surface area contributed by atoms with Crippen molar-refractivity contribution < 1.29 is 22.1 Å². The highest BCUT2D eigenvalue weighted by Gasteiger charge is 2.31.